The van der Waals surface area contributed by atoms with Crippen LogP contribution in [0.5, 0.6) is 0 Å². The summed E-state index contributed by atoms with van der Waals surface area (Å²) in [7, 11) is 1.96. The van der Waals surface area contributed by atoms with Crippen molar-refractivity contribution in [1.82, 2.24) is 5.32 Å². The highest BCUT2D eigenvalue weighted by Crippen LogP contribution is 2.31. The van der Waals surface area contributed by atoms with Crippen LogP contribution in [-0.2, 0) is 6.54 Å². The summed E-state index contributed by atoms with van der Waals surface area (Å²) in [5.41, 5.74) is 3.38. The molecule has 2 nitrogen and oxygen atoms in total. The van der Waals surface area contributed by atoms with Crippen molar-refractivity contribution >= 4 is 22.3 Å². The molecule has 0 amide bonds. The fourth-order valence-electron chi connectivity index (χ4n) is 2.08. The topological polar surface area (TPSA) is 25.2 Å². The first kappa shape index (κ1) is 11.5. The van der Waals surface area contributed by atoms with Crippen LogP contribution in [0.1, 0.15) is 10.4 Å². The fraction of sp³-hybridized carbons (Fsp3) is 0.200. The second-order valence-electron chi connectivity index (χ2n) is 4.48. The number of furan rings is 1. The molecule has 0 radical (unpaired) electrons. The molecular formula is C15H15NOS. The number of nitrogens with one attached hydrogen (secondary N) is 1. The van der Waals surface area contributed by atoms with E-state index in [1.165, 1.54) is 21.4 Å². The molecule has 0 unspecified atom stereocenters. The molecule has 0 bridgehead atoms. The third-order valence-electron chi connectivity index (χ3n) is 2.96. The van der Waals surface area contributed by atoms with Crippen molar-refractivity contribution in [2.75, 3.05) is 7.05 Å². The quantitative estimate of drug-likeness (QED) is 0.761. The minimum atomic E-state index is 0.907. The van der Waals surface area contributed by atoms with Crippen molar-refractivity contribution in [3.05, 3.63) is 46.2 Å². The van der Waals surface area contributed by atoms with Crippen LogP contribution in [0.4, 0.5) is 0 Å². The van der Waals surface area contributed by atoms with E-state index in [9.17, 15) is 0 Å². The number of rotatable bonds is 3. The van der Waals surface area contributed by atoms with E-state index >= 15 is 0 Å². The fourth-order valence-corrected chi connectivity index (χ4v) is 2.97. The molecule has 0 aliphatic rings. The zero-order valence-corrected chi connectivity index (χ0v) is 11.3. The highest BCUT2D eigenvalue weighted by atomic mass is 32.1. The van der Waals surface area contributed by atoms with Gasteiger partial charge < -0.3 is 9.73 Å². The number of aryl methyl sites for hydroxylation is 1. The number of fused-ring (bicyclic) bond motifs is 1. The van der Waals surface area contributed by atoms with Crippen molar-refractivity contribution in [3.8, 4) is 11.3 Å². The van der Waals surface area contributed by atoms with Gasteiger partial charge in [-0.25, -0.2) is 0 Å². The van der Waals surface area contributed by atoms with E-state index in [1.54, 1.807) is 11.3 Å². The summed E-state index contributed by atoms with van der Waals surface area (Å²) < 4.78 is 5.89. The van der Waals surface area contributed by atoms with Gasteiger partial charge in [-0.05, 0) is 38.2 Å². The van der Waals surface area contributed by atoms with Crippen molar-refractivity contribution in [2.45, 2.75) is 13.5 Å². The summed E-state index contributed by atoms with van der Waals surface area (Å²) in [6.07, 6.45) is 0. The van der Waals surface area contributed by atoms with Crippen molar-refractivity contribution in [1.29, 1.82) is 0 Å². The van der Waals surface area contributed by atoms with E-state index in [4.69, 9.17) is 4.42 Å². The number of hydrogen-bond donors (Lipinski definition) is 1. The Hall–Kier alpha value is -1.58. The van der Waals surface area contributed by atoms with Crippen molar-refractivity contribution in [3.63, 3.8) is 0 Å². The van der Waals surface area contributed by atoms with E-state index in [0.29, 0.717) is 0 Å². The zero-order valence-electron chi connectivity index (χ0n) is 10.5. The maximum absolute atomic E-state index is 5.89. The van der Waals surface area contributed by atoms with Gasteiger partial charge in [-0.15, -0.1) is 11.3 Å². The van der Waals surface area contributed by atoms with Crippen LogP contribution in [0.2, 0.25) is 0 Å². The monoisotopic (exact) mass is 257 g/mol. The minimum Gasteiger partial charge on any atom is -0.456 e. The molecule has 0 atom stereocenters. The molecular weight excluding hydrogens is 242 g/mol. The van der Waals surface area contributed by atoms with Crippen LogP contribution in [0.15, 0.2) is 40.1 Å². The Morgan fingerprint density at radius 3 is 2.94 bits per heavy atom. The normalized spacial score (nSPS) is 11.2. The lowest BCUT2D eigenvalue weighted by atomic mass is 10.1. The molecule has 18 heavy (non-hydrogen) atoms. The average molecular weight is 257 g/mol. The first-order valence-corrected chi connectivity index (χ1v) is 6.87. The van der Waals surface area contributed by atoms with Crippen LogP contribution in [0, 0.1) is 6.92 Å². The molecule has 3 aromatic rings. The first-order chi connectivity index (χ1) is 8.76. The van der Waals surface area contributed by atoms with E-state index < -0.39 is 0 Å². The molecule has 0 aliphatic heterocycles. The summed E-state index contributed by atoms with van der Waals surface area (Å²) in [4.78, 5) is 1.32. The van der Waals surface area contributed by atoms with Crippen LogP contribution < -0.4 is 5.32 Å². The SMILES string of the molecule is CNCc1cc(-c2cc3cc(C)ccc3o2)cs1. The summed E-state index contributed by atoms with van der Waals surface area (Å²) in [6.45, 7) is 3.01. The van der Waals surface area contributed by atoms with E-state index in [0.717, 1.165) is 17.9 Å². The number of hydrogen-bond acceptors (Lipinski definition) is 3. The molecule has 3 heteroatoms. The van der Waals surface area contributed by atoms with Gasteiger partial charge in [-0.3, -0.25) is 0 Å². The van der Waals surface area contributed by atoms with Gasteiger partial charge in [-0.1, -0.05) is 11.6 Å². The van der Waals surface area contributed by atoms with E-state index in [1.807, 2.05) is 13.1 Å². The van der Waals surface area contributed by atoms with E-state index in [-0.39, 0.29) is 0 Å². The molecule has 92 valence electrons. The van der Waals surface area contributed by atoms with Crippen molar-refractivity contribution < 1.29 is 4.42 Å². The van der Waals surface area contributed by atoms with Gasteiger partial charge in [0.05, 0.1) is 0 Å². The lowest BCUT2D eigenvalue weighted by Crippen LogP contribution is -2.02. The molecule has 2 heterocycles. The summed E-state index contributed by atoms with van der Waals surface area (Å²) in [5, 5.41) is 6.49. The molecule has 0 saturated carbocycles. The molecule has 0 spiro atoms. The average Bonchev–Trinajstić information content (AvgIpc) is 2.94. The van der Waals surface area contributed by atoms with Gasteiger partial charge in [-0.2, -0.15) is 0 Å². The van der Waals surface area contributed by atoms with Gasteiger partial charge in [0.25, 0.3) is 0 Å². The van der Waals surface area contributed by atoms with Crippen molar-refractivity contribution in [2.24, 2.45) is 0 Å². The van der Waals surface area contributed by atoms with Gasteiger partial charge in [0.2, 0.25) is 0 Å². The van der Waals surface area contributed by atoms with Gasteiger partial charge in [0.1, 0.15) is 11.3 Å². The lowest BCUT2D eigenvalue weighted by molar-refractivity contribution is 0.631. The Labute approximate surface area is 110 Å². The zero-order chi connectivity index (χ0) is 12.5. The largest absolute Gasteiger partial charge is 0.456 e. The maximum Gasteiger partial charge on any atom is 0.136 e. The van der Waals surface area contributed by atoms with Crippen LogP contribution in [0.3, 0.4) is 0 Å². The second kappa shape index (κ2) is 4.59. The molecule has 3 rings (SSSR count). The van der Waals surface area contributed by atoms with E-state index in [2.05, 4.69) is 41.9 Å². The Morgan fingerprint density at radius 2 is 2.11 bits per heavy atom. The van der Waals surface area contributed by atoms with Crippen LogP contribution >= 0.6 is 11.3 Å². The molecule has 1 aromatic carbocycles. The van der Waals surface area contributed by atoms with Gasteiger partial charge >= 0.3 is 0 Å². The predicted molar refractivity (Wildman–Crippen MR) is 77.0 cm³/mol. The number of benzene rings is 1. The standard InChI is InChI=1S/C15H15NOS/c1-10-3-4-14-11(5-10)7-15(17-14)12-6-13(8-16-2)18-9-12/h3-7,9,16H,8H2,1-2H3. The smallest absolute Gasteiger partial charge is 0.136 e. The highest BCUT2D eigenvalue weighted by molar-refractivity contribution is 7.10. The molecule has 1 N–H and O–H groups in total. The summed E-state index contributed by atoms with van der Waals surface area (Å²) >= 11 is 1.76. The Kier molecular flexibility index (Phi) is 2.94. The van der Waals surface area contributed by atoms with Crippen LogP contribution in [0.25, 0.3) is 22.3 Å². The molecule has 0 fully saturated rings. The third kappa shape index (κ3) is 2.07. The summed E-state index contributed by atoms with van der Waals surface area (Å²) in [6, 6.07) is 10.6. The third-order valence-corrected chi connectivity index (χ3v) is 3.90. The van der Waals surface area contributed by atoms with Gasteiger partial charge in [0.15, 0.2) is 0 Å². The predicted octanol–water partition coefficient (Wildman–Crippen LogP) is 4.19. The van der Waals surface area contributed by atoms with Crippen LogP contribution in [-0.4, -0.2) is 7.05 Å². The van der Waals surface area contributed by atoms with Gasteiger partial charge in [0, 0.05) is 27.8 Å². The lowest BCUT2D eigenvalue weighted by Gasteiger charge is -1.91. The first-order valence-electron chi connectivity index (χ1n) is 5.99. The minimum absolute atomic E-state index is 0.907. The molecule has 0 aliphatic carbocycles. The highest BCUT2D eigenvalue weighted by Gasteiger charge is 2.08. The number of thiophene rings is 1. The second-order valence-corrected chi connectivity index (χ2v) is 5.48. The maximum atomic E-state index is 5.89. The Bertz CT molecular complexity index is 681. The molecule has 2 aromatic heterocycles. The Morgan fingerprint density at radius 1 is 1.22 bits per heavy atom. The Balaban J connectivity index is 2.02. The summed E-state index contributed by atoms with van der Waals surface area (Å²) in [5.74, 6) is 0.953. The molecule has 0 saturated heterocycles.